The molecule has 1 amide bonds. The van der Waals surface area contributed by atoms with E-state index in [1.54, 1.807) is 30.2 Å². The van der Waals surface area contributed by atoms with E-state index in [2.05, 4.69) is 0 Å². The molecule has 1 aliphatic rings. The first-order chi connectivity index (χ1) is 11.0. The third kappa shape index (κ3) is 6.30. The lowest BCUT2D eigenvalue weighted by molar-refractivity contribution is -0.135. The number of carbonyl (C=O) groups excluding carboxylic acids is 1. The number of benzene rings is 1. The summed E-state index contributed by atoms with van der Waals surface area (Å²) in [5.74, 6) is 1.02. The van der Waals surface area contributed by atoms with E-state index in [1.807, 2.05) is 0 Å². The van der Waals surface area contributed by atoms with Gasteiger partial charge in [-0.25, -0.2) is 0 Å². The van der Waals surface area contributed by atoms with E-state index in [0.29, 0.717) is 41.4 Å². The van der Waals surface area contributed by atoms with Crippen LogP contribution in [0.3, 0.4) is 0 Å². The second kappa shape index (κ2) is 10.3. The zero-order valence-electron chi connectivity index (χ0n) is 13.5. The predicted molar refractivity (Wildman–Crippen MR) is 98.4 cm³/mol. The Morgan fingerprint density at radius 1 is 1.29 bits per heavy atom. The van der Waals surface area contributed by atoms with Gasteiger partial charge in [-0.15, -0.1) is 12.4 Å². The maximum Gasteiger partial charge on any atom is 0.241 e. The van der Waals surface area contributed by atoms with Gasteiger partial charge in [-0.1, -0.05) is 23.2 Å². The Bertz CT molecular complexity index is 517. The molecule has 1 atom stereocenters. The Labute approximate surface area is 158 Å². The van der Waals surface area contributed by atoms with Crippen LogP contribution in [0.2, 0.25) is 10.0 Å². The molecule has 5 nitrogen and oxygen atoms in total. The fraction of sp³-hybridized carbons (Fsp3) is 0.562. The minimum Gasteiger partial charge on any atom is -0.493 e. The van der Waals surface area contributed by atoms with Crippen molar-refractivity contribution in [1.29, 1.82) is 0 Å². The summed E-state index contributed by atoms with van der Waals surface area (Å²) in [7, 11) is 1.54. The maximum atomic E-state index is 12.1. The number of amides is 1. The van der Waals surface area contributed by atoms with Crippen LogP contribution in [-0.2, 0) is 9.53 Å². The number of hydrogen-bond donors (Lipinski definition) is 1. The van der Waals surface area contributed by atoms with Crippen LogP contribution in [0, 0.1) is 5.92 Å². The van der Waals surface area contributed by atoms with Crippen LogP contribution in [0.4, 0.5) is 0 Å². The van der Waals surface area contributed by atoms with Gasteiger partial charge in [0.15, 0.2) is 0 Å². The van der Waals surface area contributed by atoms with E-state index >= 15 is 0 Å². The van der Waals surface area contributed by atoms with Gasteiger partial charge in [0, 0.05) is 30.2 Å². The molecule has 1 unspecified atom stereocenters. The Kier molecular flexibility index (Phi) is 9.16. The molecule has 1 aromatic carbocycles. The molecular weight excluding hydrogens is 375 g/mol. The number of nitrogens with zero attached hydrogens (tertiary/aromatic N) is 1. The average Bonchev–Trinajstić information content (AvgIpc) is 2.52. The Balaban J connectivity index is 0.00000288. The van der Waals surface area contributed by atoms with Gasteiger partial charge in [0.05, 0.1) is 13.2 Å². The van der Waals surface area contributed by atoms with E-state index in [-0.39, 0.29) is 24.9 Å². The fourth-order valence-corrected chi connectivity index (χ4v) is 3.14. The van der Waals surface area contributed by atoms with E-state index in [9.17, 15) is 4.79 Å². The quantitative estimate of drug-likeness (QED) is 0.801. The molecule has 0 aromatic heterocycles. The molecule has 0 saturated carbocycles. The minimum absolute atomic E-state index is 0. The van der Waals surface area contributed by atoms with Crippen molar-refractivity contribution in [2.75, 3.05) is 33.4 Å². The summed E-state index contributed by atoms with van der Waals surface area (Å²) >= 11 is 11.9. The van der Waals surface area contributed by atoms with E-state index in [0.717, 1.165) is 12.8 Å². The number of rotatable bonds is 6. The Morgan fingerprint density at radius 3 is 2.42 bits per heavy atom. The molecule has 136 valence electrons. The highest BCUT2D eigenvalue weighted by Crippen LogP contribution is 2.26. The van der Waals surface area contributed by atoms with Crippen LogP contribution < -0.4 is 10.5 Å². The molecule has 1 aliphatic heterocycles. The molecule has 1 fully saturated rings. The molecule has 0 spiro atoms. The highest BCUT2D eigenvalue weighted by atomic mass is 35.5. The third-order valence-corrected chi connectivity index (χ3v) is 4.35. The first kappa shape index (κ1) is 21.3. The molecular formula is C16H23Cl3N2O3. The van der Waals surface area contributed by atoms with Crippen molar-refractivity contribution in [3.63, 3.8) is 0 Å². The number of hydrogen-bond acceptors (Lipinski definition) is 4. The summed E-state index contributed by atoms with van der Waals surface area (Å²) in [6.07, 6.45) is 1.78. The number of halogens is 3. The van der Waals surface area contributed by atoms with Crippen LogP contribution >= 0.6 is 35.6 Å². The SMILES string of the molecule is COCC(N)C(=O)N1CCC(COc2cc(Cl)cc(Cl)c2)CC1.Cl. The molecule has 1 heterocycles. The second-order valence-electron chi connectivity index (χ2n) is 5.75. The number of carbonyl (C=O) groups is 1. The first-order valence-electron chi connectivity index (χ1n) is 7.61. The topological polar surface area (TPSA) is 64.8 Å². The smallest absolute Gasteiger partial charge is 0.241 e. The van der Waals surface area contributed by atoms with Gasteiger partial charge in [-0.3, -0.25) is 4.79 Å². The second-order valence-corrected chi connectivity index (χ2v) is 6.62. The highest BCUT2D eigenvalue weighted by Gasteiger charge is 2.26. The van der Waals surface area contributed by atoms with Crippen molar-refractivity contribution in [3.05, 3.63) is 28.2 Å². The lowest BCUT2D eigenvalue weighted by Gasteiger charge is -2.33. The molecule has 24 heavy (non-hydrogen) atoms. The van der Waals surface area contributed by atoms with Crippen molar-refractivity contribution in [2.45, 2.75) is 18.9 Å². The number of methoxy groups -OCH3 is 1. The van der Waals surface area contributed by atoms with Gasteiger partial charge < -0.3 is 20.1 Å². The van der Waals surface area contributed by atoms with Crippen molar-refractivity contribution < 1.29 is 14.3 Å². The summed E-state index contributed by atoms with van der Waals surface area (Å²) in [6, 6.07) is 4.58. The lowest BCUT2D eigenvalue weighted by atomic mass is 9.97. The first-order valence-corrected chi connectivity index (χ1v) is 8.37. The molecule has 1 aromatic rings. The van der Waals surface area contributed by atoms with Crippen molar-refractivity contribution in [2.24, 2.45) is 11.7 Å². The number of ether oxygens (including phenoxy) is 2. The summed E-state index contributed by atoms with van der Waals surface area (Å²) in [5.41, 5.74) is 5.79. The van der Waals surface area contributed by atoms with Crippen molar-refractivity contribution in [1.82, 2.24) is 4.90 Å². The molecule has 1 saturated heterocycles. The zero-order valence-corrected chi connectivity index (χ0v) is 15.9. The fourth-order valence-electron chi connectivity index (χ4n) is 2.63. The van der Waals surface area contributed by atoms with E-state index in [4.69, 9.17) is 38.4 Å². The summed E-state index contributed by atoms with van der Waals surface area (Å²) < 4.78 is 10.7. The predicted octanol–water partition coefficient (Wildman–Crippen LogP) is 3.01. The summed E-state index contributed by atoms with van der Waals surface area (Å²) in [5, 5.41) is 1.11. The molecule has 0 radical (unpaired) electrons. The molecule has 8 heteroatoms. The number of piperidine rings is 1. The van der Waals surface area contributed by atoms with Crippen LogP contribution in [0.5, 0.6) is 5.75 Å². The van der Waals surface area contributed by atoms with Crippen LogP contribution in [0.25, 0.3) is 0 Å². The van der Waals surface area contributed by atoms with E-state index < -0.39 is 6.04 Å². The summed E-state index contributed by atoms with van der Waals surface area (Å²) in [6.45, 7) is 2.22. The number of nitrogens with two attached hydrogens (primary N) is 1. The van der Waals surface area contributed by atoms with Gasteiger partial charge in [-0.2, -0.15) is 0 Å². The van der Waals surface area contributed by atoms with Crippen LogP contribution in [0.15, 0.2) is 18.2 Å². The Hall–Kier alpha value is -0.720. The molecule has 0 aliphatic carbocycles. The Morgan fingerprint density at radius 2 is 1.88 bits per heavy atom. The van der Waals surface area contributed by atoms with Crippen molar-refractivity contribution in [3.8, 4) is 5.75 Å². The monoisotopic (exact) mass is 396 g/mol. The minimum atomic E-state index is -0.582. The molecule has 0 bridgehead atoms. The summed E-state index contributed by atoms with van der Waals surface area (Å²) in [4.78, 5) is 13.9. The molecule has 2 N–H and O–H groups in total. The standard InChI is InChI=1S/C16H22Cl2N2O3.ClH/c1-22-10-15(19)16(21)20-4-2-11(3-5-20)9-23-14-7-12(17)6-13(18)8-14;/h6-8,11,15H,2-5,9-10,19H2,1H3;1H. The normalized spacial score (nSPS) is 16.4. The van der Waals surface area contributed by atoms with Gasteiger partial charge in [-0.05, 0) is 37.0 Å². The highest BCUT2D eigenvalue weighted by molar-refractivity contribution is 6.34. The average molecular weight is 398 g/mol. The van der Waals surface area contributed by atoms with E-state index in [1.165, 1.54) is 0 Å². The van der Waals surface area contributed by atoms with Crippen LogP contribution in [0.1, 0.15) is 12.8 Å². The number of likely N-dealkylation sites (tertiary alicyclic amines) is 1. The van der Waals surface area contributed by atoms with Crippen LogP contribution in [-0.4, -0.2) is 50.3 Å². The third-order valence-electron chi connectivity index (χ3n) is 3.91. The van der Waals surface area contributed by atoms with Gasteiger partial charge >= 0.3 is 0 Å². The maximum absolute atomic E-state index is 12.1. The zero-order chi connectivity index (χ0) is 16.8. The van der Waals surface area contributed by atoms with Gasteiger partial charge in [0.1, 0.15) is 11.8 Å². The largest absolute Gasteiger partial charge is 0.493 e. The molecule has 2 rings (SSSR count). The van der Waals surface area contributed by atoms with Gasteiger partial charge in [0.2, 0.25) is 5.91 Å². The van der Waals surface area contributed by atoms with Gasteiger partial charge in [0.25, 0.3) is 0 Å². The van der Waals surface area contributed by atoms with Crippen molar-refractivity contribution >= 4 is 41.5 Å². The lowest BCUT2D eigenvalue weighted by Crippen LogP contribution is -2.49.